The highest BCUT2D eigenvalue weighted by atomic mass is 19.1. The number of Topliss-reactive ketones (excluding diaryl/α,β-unsaturated/α-hetero) is 1. The van der Waals surface area contributed by atoms with Crippen LogP contribution in [-0.2, 0) is 22.4 Å². The number of benzene rings is 2. The summed E-state index contributed by atoms with van der Waals surface area (Å²) in [5.41, 5.74) is 2.51. The molecule has 7 heteroatoms. The van der Waals surface area contributed by atoms with Crippen LogP contribution in [0.1, 0.15) is 37.8 Å². The lowest BCUT2D eigenvalue weighted by molar-refractivity contribution is -0.133. The number of aliphatic hydroxyl groups is 1. The fraction of sp³-hybridized carbons (Fsp3) is 0.375. The van der Waals surface area contributed by atoms with Crippen LogP contribution >= 0.6 is 0 Å². The van der Waals surface area contributed by atoms with Crippen molar-refractivity contribution in [2.75, 3.05) is 0 Å². The number of aliphatic hydroxyl groups excluding tert-OH is 1. The Morgan fingerprint density at radius 3 is 2.48 bits per heavy atom. The fourth-order valence-electron chi connectivity index (χ4n) is 3.62. The van der Waals surface area contributed by atoms with E-state index >= 15 is 0 Å². The maximum atomic E-state index is 13.9. The average molecular weight is 428 g/mol. The first-order valence-electron chi connectivity index (χ1n) is 10.3. The summed E-state index contributed by atoms with van der Waals surface area (Å²) in [7, 11) is 0. The number of halogens is 2. The first kappa shape index (κ1) is 22.7. The smallest absolute Gasteiger partial charge is 0.226 e. The van der Waals surface area contributed by atoms with Crippen LogP contribution in [0.5, 0.6) is 0 Å². The Bertz CT molecular complexity index is 987. The van der Waals surface area contributed by atoms with Crippen molar-refractivity contribution in [1.82, 2.24) is 5.32 Å². The average Bonchev–Trinajstić information content (AvgIpc) is 3.17. The van der Waals surface area contributed by atoms with Crippen molar-refractivity contribution >= 4 is 23.1 Å². The van der Waals surface area contributed by atoms with Gasteiger partial charge in [0, 0.05) is 25.0 Å². The van der Waals surface area contributed by atoms with Crippen molar-refractivity contribution in [2.24, 2.45) is 10.9 Å². The molecule has 0 unspecified atom stereocenters. The summed E-state index contributed by atoms with van der Waals surface area (Å²) in [4.78, 5) is 29.5. The summed E-state index contributed by atoms with van der Waals surface area (Å²) in [6, 6.07) is 10.2. The number of carbonyl (C=O) groups is 2. The number of hydrogen-bond donors (Lipinski definition) is 2. The van der Waals surface area contributed by atoms with Crippen LogP contribution in [0.25, 0.3) is 0 Å². The number of rotatable bonds is 9. The third kappa shape index (κ3) is 5.82. The predicted octanol–water partition coefficient (Wildman–Crippen LogP) is 3.69. The maximum Gasteiger partial charge on any atom is 0.226 e. The van der Waals surface area contributed by atoms with Gasteiger partial charge in [-0.05, 0) is 49.6 Å². The Hall–Kier alpha value is -2.93. The molecule has 2 N–H and O–H groups in total. The van der Waals surface area contributed by atoms with E-state index in [1.807, 2.05) is 0 Å². The Morgan fingerprint density at radius 2 is 1.84 bits per heavy atom. The normalized spacial score (nSPS) is 15.6. The number of ketones is 1. The van der Waals surface area contributed by atoms with Gasteiger partial charge in [-0.2, -0.15) is 0 Å². The fourth-order valence-corrected chi connectivity index (χ4v) is 3.62. The van der Waals surface area contributed by atoms with Gasteiger partial charge < -0.3 is 10.4 Å². The lowest BCUT2D eigenvalue weighted by Gasteiger charge is -2.22. The number of carbonyl (C=O) groups excluding carboxylic acids is 2. The highest BCUT2D eigenvalue weighted by Gasteiger charge is 2.29. The van der Waals surface area contributed by atoms with Crippen LogP contribution in [0.2, 0.25) is 0 Å². The molecule has 0 radical (unpaired) electrons. The van der Waals surface area contributed by atoms with Crippen molar-refractivity contribution < 1.29 is 23.5 Å². The van der Waals surface area contributed by atoms with Gasteiger partial charge in [-0.25, -0.2) is 8.78 Å². The van der Waals surface area contributed by atoms with E-state index in [0.717, 1.165) is 11.1 Å². The van der Waals surface area contributed by atoms with Crippen LogP contribution < -0.4 is 5.32 Å². The number of para-hydroxylation sites is 1. The second kappa shape index (κ2) is 9.92. The molecule has 0 saturated heterocycles. The van der Waals surface area contributed by atoms with Crippen molar-refractivity contribution in [3.63, 3.8) is 0 Å². The molecular formula is C24H26F2N2O3. The molecule has 0 aliphatic carbocycles. The van der Waals surface area contributed by atoms with Crippen LogP contribution in [0, 0.1) is 17.6 Å². The quantitative estimate of drug-likeness (QED) is 0.640. The standard InChI is InChI=1S/C24H26F2N2O3/c1-14(22-12-17-4-3-5-21(26)23(17)28-22)27-24(31)20(15(2)29)13-19(30)11-8-16-6-9-18(25)10-7-16/h3-7,9-10,14-15,20,29H,8,11-13H2,1-2H3,(H,27,31)/t14-,15+,20-/m0/s1. The lowest BCUT2D eigenvalue weighted by atomic mass is 9.93. The van der Waals surface area contributed by atoms with E-state index in [0.29, 0.717) is 24.2 Å². The summed E-state index contributed by atoms with van der Waals surface area (Å²) in [6.07, 6.45) is -0.0471. The Labute approximate surface area is 180 Å². The molecule has 31 heavy (non-hydrogen) atoms. The molecule has 5 nitrogen and oxygen atoms in total. The van der Waals surface area contributed by atoms with Crippen molar-refractivity contribution in [3.05, 3.63) is 65.2 Å². The Kier molecular flexibility index (Phi) is 7.28. The van der Waals surface area contributed by atoms with E-state index in [4.69, 9.17) is 0 Å². The largest absolute Gasteiger partial charge is 0.393 e. The molecule has 0 fully saturated rings. The monoisotopic (exact) mass is 428 g/mol. The molecule has 3 rings (SSSR count). The molecule has 0 bridgehead atoms. The molecule has 2 aromatic carbocycles. The SMILES string of the molecule is C[C@H](NC(=O)[C@@H](CC(=O)CCc1ccc(F)cc1)[C@@H](C)O)C1=Nc2c(F)cccc2C1. The summed E-state index contributed by atoms with van der Waals surface area (Å²) >= 11 is 0. The third-order valence-corrected chi connectivity index (χ3v) is 5.53. The molecule has 164 valence electrons. The molecular weight excluding hydrogens is 402 g/mol. The molecule has 0 saturated carbocycles. The molecule has 0 aromatic heterocycles. The zero-order valence-corrected chi connectivity index (χ0v) is 17.6. The zero-order chi connectivity index (χ0) is 22.5. The second-order valence-corrected chi connectivity index (χ2v) is 7.97. The Balaban J connectivity index is 1.56. The van der Waals surface area contributed by atoms with Gasteiger partial charge in [0.15, 0.2) is 0 Å². The summed E-state index contributed by atoms with van der Waals surface area (Å²) in [5.74, 6) is -2.25. The van der Waals surface area contributed by atoms with Gasteiger partial charge in [-0.1, -0.05) is 24.3 Å². The van der Waals surface area contributed by atoms with Gasteiger partial charge in [-0.3, -0.25) is 14.6 Å². The second-order valence-electron chi connectivity index (χ2n) is 7.97. The molecule has 0 spiro atoms. The molecule has 1 amide bonds. The lowest BCUT2D eigenvalue weighted by Crippen LogP contribution is -2.45. The summed E-state index contributed by atoms with van der Waals surface area (Å²) in [6.45, 7) is 3.22. The molecule has 1 aliphatic heterocycles. The van der Waals surface area contributed by atoms with Gasteiger partial charge in [0.2, 0.25) is 5.91 Å². The van der Waals surface area contributed by atoms with Crippen molar-refractivity contribution in [2.45, 2.75) is 51.7 Å². The number of hydrogen-bond acceptors (Lipinski definition) is 4. The molecule has 1 aliphatic rings. The number of fused-ring (bicyclic) bond motifs is 1. The Morgan fingerprint density at radius 1 is 1.13 bits per heavy atom. The first-order chi connectivity index (χ1) is 14.7. The minimum absolute atomic E-state index is 0.0985. The number of nitrogens with one attached hydrogen (secondary N) is 1. The summed E-state index contributed by atoms with van der Waals surface area (Å²) in [5, 5.41) is 12.9. The van der Waals surface area contributed by atoms with E-state index in [9.17, 15) is 23.5 Å². The van der Waals surface area contributed by atoms with Crippen LogP contribution in [0.15, 0.2) is 47.5 Å². The van der Waals surface area contributed by atoms with E-state index in [1.54, 1.807) is 31.2 Å². The van der Waals surface area contributed by atoms with E-state index in [1.165, 1.54) is 25.1 Å². The number of amides is 1. The predicted molar refractivity (Wildman–Crippen MR) is 114 cm³/mol. The zero-order valence-electron chi connectivity index (χ0n) is 17.6. The molecule has 3 atom stereocenters. The summed E-state index contributed by atoms with van der Waals surface area (Å²) < 4.78 is 26.9. The van der Waals surface area contributed by atoms with Crippen LogP contribution in [0.3, 0.4) is 0 Å². The van der Waals surface area contributed by atoms with Gasteiger partial charge in [-0.15, -0.1) is 0 Å². The third-order valence-electron chi connectivity index (χ3n) is 5.53. The van der Waals surface area contributed by atoms with Crippen molar-refractivity contribution in [3.8, 4) is 0 Å². The maximum absolute atomic E-state index is 13.9. The van der Waals surface area contributed by atoms with E-state index in [-0.39, 0.29) is 24.4 Å². The van der Waals surface area contributed by atoms with Gasteiger partial charge >= 0.3 is 0 Å². The number of aryl methyl sites for hydroxylation is 1. The van der Waals surface area contributed by atoms with E-state index < -0.39 is 29.8 Å². The minimum atomic E-state index is -1.01. The van der Waals surface area contributed by atoms with Gasteiger partial charge in [0.1, 0.15) is 23.1 Å². The van der Waals surface area contributed by atoms with E-state index in [2.05, 4.69) is 10.3 Å². The minimum Gasteiger partial charge on any atom is -0.393 e. The molecule has 2 aromatic rings. The topological polar surface area (TPSA) is 78.8 Å². The van der Waals surface area contributed by atoms with Gasteiger partial charge in [0.25, 0.3) is 0 Å². The molecule has 1 heterocycles. The van der Waals surface area contributed by atoms with Gasteiger partial charge in [0.05, 0.1) is 18.1 Å². The van der Waals surface area contributed by atoms with Crippen LogP contribution in [0.4, 0.5) is 14.5 Å². The van der Waals surface area contributed by atoms with Crippen molar-refractivity contribution in [1.29, 1.82) is 0 Å². The number of aliphatic imine (C=N–C) groups is 1. The van der Waals surface area contributed by atoms with Crippen LogP contribution in [-0.4, -0.2) is 34.7 Å². The first-order valence-corrected chi connectivity index (χ1v) is 10.3. The highest BCUT2D eigenvalue weighted by molar-refractivity contribution is 6.00. The number of nitrogens with zero attached hydrogens (tertiary/aromatic N) is 1. The highest BCUT2D eigenvalue weighted by Crippen LogP contribution is 2.30.